The van der Waals surface area contributed by atoms with Gasteiger partial charge in [-0.15, -0.1) is 12.6 Å². The number of benzene rings is 2. The standard InChI is InChI=1S/C27H33N5O5S.C4H10/c1-27(2,38)37-26(36)32-13-11-31(12-14-32)25(35)22-17-20(23(30-29-22)24(34)28-10-15-33)16-19-8-5-7-18-6-3-4-9-21(18)19;1-4(2)3/h3-9,17,29-30,33,38H,10-16H2,1-2H3,(H,28,34);4H,1-3H3. The van der Waals surface area contributed by atoms with Gasteiger partial charge in [0, 0.05) is 39.1 Å². The molecule has 0 unspecified atom stereocenters. The van der Waals surface area contributed by atoms with Crippen LogP contribution in [-0.4, -0.2) is 77.1 Å². The maximum absolute atomic E-state index is 13.4. The number of hydrogen-bond donors (Lipinski definition) is 5. The van der Waals surface area contributed by atoms with Crippen LogP contribution in [0.15, 0.2) is 65.5 Å². The molecule has 2 aliphatic heterocycles. The molecule has 2 aromatic rings. The Labute approximate surface area is 253 Å². The lowest BCUT2D eigenvalue weighted by atomic mass is 9.96. The molecule has 0 bridgehead atoms. The molecule has 11 heteroatoms. The number of hydrogen-bond acceptors (Lipinski definition) is 8. The number of ether oxygens (including phenoxy) is 1. The number of allylic oxidation sites excluding steroid dienone is 2. The molecule has 0 saturated carbocycles. The molecular weight excluding hydrogens is 554 g/mol. The molecule has 2 heterocycles. The maximum Gasteiger partial charge on any atom is 0.411 e. The number of piperazine rings is 1. The molecule has 3 amide bonds. The average Bonchev–Trinajstić information content (AvgIpc) is 2.94. The zero-order valence-electron chi connectivity index (χ0n) is 25.1. The first-order valence-electron chi connectivity index (χ1n) is 14.2. The first-order valence-corrected chi connectivity index (χ1v) is 14.7. The smallest absolute Gasteiger partial charge is 0.411 e. The summed E-state index contributed by atoms with van der Waals surface area (Å²) in [4.78, 5) is 40.9. The number of hydrazine groups is 1. The van der Waals surface area contributed by atoms with E-state index in [1.54, 1.807) is 29.7 Å². The highest BCUT2D eigenvalue weighted by Crippen LogP contribution is 2.25. The Morgan fingerprint density at radius 2 is 1.62 bits per heavy atom. The summed E-state index contributed by atoms with van der Waals surface area (Å²) >= 11 is 4.24. The van der Waals surface area contributed by atoms with Gasteiger partial charge in [-0.25, -0.2) is 4.79 Å². The minimum atomic E-state index is -0.888. The van der Waals surface area contributed by atoms with Gasteiger partial charge in [0.25, 0.3) is 11.8 Å². The molecule has 2 aliphatic rings. The number of nitrogens with zero attached hydrogens (tertiary/aromatic N) is 2. The molecule has 1 saturated heterocycles. The van der Waals surface area contributed by atoms with Crippen LogP contribution < -0.4 is 16.2 Å². The van der Waals surface area contributed by atoms with Gasteiger partial charge in [-0.1, -0.05) is 63.2 Å². The van der Waals surface area contributed by atoms with E-state index < -0.39 is 11.0 Å². The summed E-state index contributed by atoms with van der Waals surface area (Å²) in [6.07, 6.45) is 1.64. The summed E-state index contributed by atoms with van der Waals surface area (Å²) in [6.45, 7) is 11.1. The van der Waals surface area contributed by atoms with Crippen molar-refractivity contribution in [3.05, 3.63) is 71.1 Å². The zero-order chi connectivity index (χ0) is 30.9. The third-order valence-corrected chi connectivity index (χ3v) is 6.33. The largest absolute Gasteiger partial charge is 0.433 e. The van der Waals surface area contributed by atoms with Crippen LogP contribution in [0.4, 0.5) is 4.79 Å². The quantitative estimate of drug-likeness (QED) is 0.245. The van der Waals surface area contributed by atoms with Gasteiger partial charge >= 0.3 is 6.09 Å². The molecule has 4 N–H and O–H groups in total. The Bertz CT molecular complexity index is 1320. The van der Waals surface area contributed by atoms with Crippen LogP contribution in [0.1, 0.15) is 40.2 Å². The summed E-state index contributed by atoms with van der Waals surface area (Å²) in [6, 6.07) is 14.0. The Kier molecular flexibility index (Phi) is 11.7. The molecule has 0 spiro atoms. The van der Waals surface area contributed by atoms with Crippen LogP contribution in [0.25, 0.3) is 10.8 Å². The molecule has 1 fully saturated rings. The number of carbonyl (C=O) groups excluding carboxylic acids is 3. The van der Waals surface area contributed by atoms with Crippen LogP contribution in [0, 0.1) is 5.92 Å². The third kappa shape index (κ3) is 9.42. The van der Waals surface area contributed by atoms with Gasteiger partial charge in [-0.2, -0.15) is 0 Å². The topological polar surface area (TPSA) is 123 Å². The van der Waals surface area contributed by atoms with E-state index in [4.69, 9.17) is 9.84 Å². The van der Waals surface area contributed by atoms with Gasteiger partial charge in [0.1, 0.15) is 11.4 Å². The van der Waals surface area contributed by atoms with Crippen LogP contribution in [-0.2, 0) is 20.7 Å². The van der Waals surface area contributed by atoms with Gasteiger partial charge in [-0.05, 0) is 47.8 Å². The minimum Gasteiger partial charge on any atom is -0.433 e. The van der Waals surface area contributed by atoms with Crippen LogP contribution in [0.5, 0.6) is 0 Å². The molecule has 10 nitrogen and oxygen atoms in total. The number of aliphatic hydroxyl groups excluding tert-OH is 1. The van der Waals surface area contributed by atoms with Crippen LogP contribution >= 0.6 is 12.6 Å². The van der Waals surface area contributed by atoms with E-state index in [9.17, 15) is 14.4 Å². The second-order valence-electron chi connectivity index (χ2n) is 11.3. The van der Waals surface area contributed by atoms with Gasteiger partial charge in [0.05, 0.1) is 6.61 Å². The highest BCUT2D eigenvalue weighted by molar-refractivity contribution is 7.81. The van der Waals surface area contributed by atoms with Crippen LogP contribution in [0.3, 0.4) is 0 Å². The first-order chi connectivity index (χ1) is 19.9. The van der Waals surface area contributed by atoms with Crippen molar-refractivity contribution < 1.29 is 24.2 Å². The summed E-state index contributed by atoms with van der Waals surface area (Å²) in [5.41, 5.74) is 7.99. The second-order valence-corrected chi connectivity index (χ2v) is 12.4. The highest BCUT2D eigenvalue weighted by Gasteiger charge is 2.31. The monoisotopic (exact) mass is 597 g/mol. The van der Waals surface area contributed by atoms with Crippen molar-refractivity contribution >= 4 is 41.3 Å². The van der Waals surface area contributed by atoms with Gasteiger partial charge in [-0.3, -0.25) is 20.4 Å². The van der Waals surface area contributed by atoms with Gasteiger partial charge in [0.15, 0.2) is 4.93 Å². The molecule has 0 aromatic heterocycles. The van der Waals surface area contributed by atoms with Crippen molar-refractivity contribution in [3.63, 3.8) is 0 Å². The highest BCUT2D eigenvalue weighted by atomic mass is 32.1. The zero-order valence-corrected chi connectivity index (χ0v) is 26.0. The number of fused-ring (bicyclic) bond motifs is 1. The number of thiol groups is 1. The van der Waals surface area contributed by atoms with E-state index in [0.717, 1.165) is 22.3 Å². The number of nitrogens with one attached hydrogen (secondary N) is 3. The van der Waals surface area contributed by atoms with Gasteiger partial charge in [0.2, 0.25) is 0 Å². The lowest BCUT2D eigenvalue weighted by Crippen LogP contribution is -2.54. The summed E-state index contributed by atoms with van der Waals surface area (Å²) < 4.78 is 5.31. The SMILES string of the molecule is CC(C)(S)OC(=O)N1CCN(C(=O)C2=CC(Cc3cccc4ccccc34)=C(C(=O)NCCO)NN2)CC1.CC(C)C. The number of rotatable bonds is 7. The van der Waals surface area contributed by atoms with E-state index in [-0.39, 0.29) is 30.7 Å². The molecule has 228 valence electrons. The molecule has 0 aliphatic carbocycles. The summed E-state index contributed by atoms with van der Waals surface area (Å²) in [5.74, 6) is 0.203. The fraction of sp³-hybridized carbons (Fsp3) is 0.452. The molecule has 4 rings (SSSR count). The normalized spacial score (nSPS) is 15.3. The Hall–Kier alpha value is -3.70. The van der Waals surface area contributed by atoms with Gasteiger partial charge < -0.3 is 25.0 Å². The number of aliphatic hydroxyl groups is 1. The third-order valence-electron chi connectivity index (χ3n) is 6.24. The number of carbonyl (C=O) groups is 3. The van der Waals surface area contributed by atoms with Crippen molar-refractivity contribution in [1.29, 1.82) is 0 Å². The minimum absolute atomic E-state index is 0.109. The van der Waals surface area contributed by atoms with Crippen LogP contribution in [0.2, 0.25) is 0 Å². The number of amides is 3. The predicted molar refractivity (Wildman–Crippen MR) is 167 cm³/mol. The van der Waals surface area contributed by atoms with Crippen molar-refractivity contribution in [2.75, 3.05) is 39.3 Å². The van der Waals surface area contributed by atoms with Crippen molar-refractivity contribution in [3.8, 4) is 0 Å². The van der Waals surface area contributed by atoms with E-state index in [0.29, 0.717) is 43.9 Å². The Balaban J connectivity index is 0.00000114. The van der Waals surface area contributed by atoms with E-state index in [2.05, 4.69) is 49.6 Å². The molecule has 0 atom stereocenters. The lowest BCUT2D eigenvalue weighted by Gasteiger charge is -2.36. The van der Waals surface area contributed by atoms with E-state index in [1.165, 1.54) is 0 Å². The van der Waals surface area contributed by atoms with E-state index in [1.807, 2.05) is 42.5 Å². The fourth-order valence-electron chi connectivity index (χ4n) is 4.40. The second kappa shape index (κ2) is 15.0. The molecular formula is C31H43N5O5S. The van der Waals surface area contributed by atoms with Crippen molar-refractivity contribution in [1.82, 2.24) is 26.0 Å². The Morgan fingerprint density at radius 3 is 2.26 bits per heavy atom. The average molecular weight is 598 g/mol. The lowest BCUT2D eigenvalue weighted by molar-refractivity contribution is -0.129. The predicted octanol–water partition coefficient (Wildman–Crippen LogP) is 3.35. The molecule has 0 radical (unpaired) electrons. The molecule has 42 heavy (non-hydrogen) atoms. The Morgan fingerprint density at radius 1 is 1.00 bits per heavy atom. The fourth-order valence-corrected chi connectivity index (χ4v) is 4.48. The van der Waals surface area contributed by atoms with Crippen molar-refractivity contribution in [2.45, 2.75) is 46.0 Å². The summed E-state index contributed by atoms with van der Waals surface area (Å²) in [7, 11) is 0. The van der Waals surface area contributed by atoms with Crippen molar-refractivity contribution in [2.24, 2.45) is 5.92 Å². The van der Waals surface area contributed by atoms with E-state index >= 15 is 0 Å². The summed E-state index contributed by atoms with van der Waals surface area (Å²) in [5, 5.41) is 13.9. The molecule has 2 aromatic carbocycles. The maximum atomic E-state index is 13.4. The first kappa shape index (κ1) is 32.8.